The Bertz CT molecular complexity index is 751. The summed E-state index contributed by atoms with van der Waals surface area (Å²) in [6, 6.07) is 15.6. The lowest BCUT2D eigenvalue weighted by molar-refractivity contribution is 0.609. The number of hydrogen-bond acceptors (Lipinski definition) is 0. The van der Waals surface area contributed by atoms with Crippen molar-refractivity contribution in [2.24, 2.45) is 0 Å². The third kappa shape index (κ3) is 10.1. The van der Waals surface area contributed by atoms with Crippen LogP contribution in [0.4, 0.5) is 4.39 Å². The van der Waals surface area contributed by atoms with Gasteiger partial charge in [-0.2, -0.15) is 0 Å². The van der Waals surface area contributed by atoms with Crippen LogP contribution in [0.3, 0.4) is 0 Å². The molecule has 0 aliphatic heterocycles. The SMILES string of the molecule is CCCCCCCCC#CCCCCC[CH]Cc1ccc(-c2ccccc2)cc1F. The molecule has 0 saturated heterocycles. The fourth-order valence-corrected chi connectivity index (χ4v) is 3.63. The zero-order valence-electron chi connectivity index (χ0n) is 18.8. The van der Waals surface area contributed by atoms with Crippen LogP contribution in [0.25, 0.3) is 11.1 Å². The average Bonchev–Trinajstić information content (AvgIpc) is 2.78. The van der Waals surface area contributed by atoms with E-state index in [9.17, 15) is 4.39 Å². The Hall–Kier alpha value is -2.07. The molecule has 0 heterocycles. The minimum atomic E-state index is -0.103. The minimum Gasteiger partial charge on any atom is -0.207 e. The van der Waals surface area contributed by atoms with E-state index >= 15 is 0 Å². The quantitative estimate of drug-likeness (QED) is 0.217. The van der Waals surface area contributed by atoms with E-state index in [1.54, 1.807) is 6.07 Å². The highest BCUT2D eigenvalue weighted by atomic mass is 19.1. The first-order chi connectivity index (χ1) is 14.8. The fourth-order valence-electron chi connectivity index (χ4n) is 3.63. The molecule has 0 amide bonds. The molecule has 0 aromatic heterocycles. The Kier molecular flexibility index (Phi) is 12.7. The largest absolute Gasteiger partial charge is 0.207 e. The molecule has 0 nitrogen and oxygen atoms in total. The maximum Gasteiger partial charge on any atom is 0.127 e. The molecule has 1 heteroatoms. The van der Waals surface area contributed by atoms with Gasteiger partial charge in [-0.25, -0.2) is 4.39 Å². The van der Waals surface area contributed by atoms with Crippen molar-refractivity contribution < 1.29 is 4.39 Å². The Labute approximate surface area is 184 Å². The van der Waals surface area contributed by atoms with Gasteiger partial charge in [0.1, 0.15) is 5.82 Å². The van der Waals surface area contributed by atoms with Gasteiger partial charge in [-0.1, -0.05) is 94.3 Å². The Morgan fingerprint density at radius 2 is 1.40 bits per heavy atom. The van der Waals surface area contributed by atoms with Crippen LogP contribution in [0.2, 0.25) is 0 Å². The Morgan fingerprint density at radius 1 is 0.733 bits per heavy atom. The lowest BCUT2D eigenvalue weighted by atomic mass is 10.00. The molecule has 0 aliphatic rings. The fraction of sp³-hybridized carbons (Fsp3) is 0.483. The van der Waals surface area contributed by atoms with Gasteiger partial charge in [-0.05, 0) is 54.9 Å². The smallest absolute Gasteiger partial charge is 0.127 e. The van der Waals surface area contributed by atoms with Crippen LogP contribution in [0, 0.1) is 24.1 Å². The zero-order valence-corrected chi connectivity index (χ0v) is 18.8. The van der Waals surface area contributed by atoms with Gasteiger partial charge >= 0.3 is 0 Å². The molecule has 0 N–H and O–H groups in total. The standard InChI is InChI=1S/C29H38F/c1-2-3-4-5-6-7-8-9-10-11-12-13-14-15-17-22-27-23-24-28(25-29(27)30)26-20-18-16-19-21-26/h16-21,23-25H,2-8,11-15,22H2,1H3. The molecule has 161 valence electrons. The first-order valence-corrected chi connectivity index (χ1v) is 11.9. The molecule has 0 spiro atoms. The highest BCUT2D eigenvalue weighted by Gasteiger charge is 2.05. The van der Waals surface area contributed by atoms with E-state index in [0.29, 0.717) is 6.42 Å². The summed E-state index contributed by atoms with van der Waals surface area (Å²) < 4.78 is 14.4. The lowest BCUT2D eigenvalue weighted by Crippen LogP contribution is -1.93. The second-order valence-corrected chi connectivity index (χ2v) is 8.14. The Balaban J connectivity index is 1.50. The summed E-state index contributed by atoms with van der Waals surface area (Å²) in [6.45, 7) is 2.26. The highest BCUT2D eigenvalue weighted by molar-refractivity contribution is 5.63. The number of hydrogen-bond donors (Lipinski definition) is 0. The molecular weight excluding hydrogens is 367 g/mol. The van der Waals surface area contributed by atoms with Crippen molar-refractivity contribution in [1.29, 1.82) is 0 Å². The van der Waals surface area contributed by atoms with Gasteiger partial charge in [-0.3, -0.25) is 0 Å². The van der Waals surface area contributed by atoms with E-state index in [1.807, 2.05) is 42.5 Å². The monoisotopic (exact) mass is 405 g/mol. The molecule has 0 unspecified atom stereocenters. The average molecular weight is 406 g/mol. The number of benzene rings is 2. The van der Waals surface area contributed by atoms with Gasteiger partial charge in [0.05, 0.1) is 0 Å². The molecule has 30 heavy (non-hydrogen) atoms. The van der Waals surface area contributed by atoms with E-state index < -0.39 is 0 Å². The van der Waals surface area contributed by atoms with Crippen LogP contribution in [0.5, 0.6) is 0 Å². The van der Waals surface area contributed by atoms with E-state index in [2.05, 4.69) is 25.2 Å². The Morgan fingerprint density at radius 3 is 2.10 bits per heavy atom. The van der Waals surface area contributed by atoms with Crippen molar-refractivity contribution in [3.05, 3.63) is 66.3 Å². The first-order valence-electron chi connectivity index (χ1n) is 11.9. The molecule has 0 fully saturated rings. The predicted molar refractivity (Wildman–Crippen MR) is 129 cm³/mol. The molecule has 0 aliphatic carbocycles. The minimum absolute atomic E-state index is 0.103. The molecule has 2 aromatic rings. The van der Waals surface area contributed by atoms with Gasteiger partial charge in [0.15, 0.2) is 0 Å². The van der Waals surface area contributed by atoms with Crippen LogP contribution in [0.1, 0.15) is 89.5 Å². The van der Waals surface area contributed by atoms with Crippen LogP contribution in [0.15, 0.2) is 48.5 Å². The lowest BCUT2D eigenvalue weighted by Gasteiger charge is -2.07. The van der Waals surface area contributed by atoms with Gasteiger partial charge in [0.25, 0.3) is 0 Å². The van der Waals surface area contributed by atoms with Crippen molar-refractivity contribution >= 4 is 0 Å². The summed E-state index contributed by atoms with van der Waals surface area (Å²) in [5, 5.41) is 0. The molecular formula is C29H38F. The van der Waals surface area contributed by atoms with Crippen LogP contribution in [-0.2, 0) is 6.42 Å². The normalized spacial score (nSPS) is 10.6. The third-order valence-electron chi connectivity index (χ3n) is 5.51. The van der Waals surface area contributed by atoms with Crippen molar-refractivity contribution in [2.45, 2.75) is 90.4 Å². The summed E-state index contributed by atoms with van der Waals surface area (Å²) in [7, 11) is 0. The van der Waals surface area contributed by atoms with Crippen molar-refractivity contribution in [1.82, 2.24) is 0 Å². The van der Waals surface area contributed by atoms with Crippen molar-refractivity contribution in [2.75, 3.05) is 0 Å². The maximum absolute atomic E-state index is 14.4. The molecule has 2 aromatic carbocycles. The number of unbranched alkanes of at least 4 members (excludes halogenated alkanes) is 11. The topological polar surface area (TPSA) is 0 Å². The molecule has 1 radical (unpaired) electrons. The zero-order chi connectivity index (χ0) is 21.3. The summed E-state index contributed by atoms with van der Waals surface area (Å²) in [5.41, 5.74) is 2.78. The predicted octanol–water partition coefficient (Wildman–Crippen LogP) is 8.94. The first kappa shape index (κ1) is 24.2. The van der Waals surface area contributed by atoms with Crippen LogP contribution >= 0.6 is 0 Å². The van der Waals surface area contributed by atoms with E-state index in [1.165, 1.54) is 57.8 Å². The van der Waals surface area contributed by atoms with Gasteiger partial charge < -0.3 is 0 Å². The third-order valence-corrected chi connectivity index (χ3v) is 5.51. The molecule has 0 bridgehead atoms. The van der Waals surface area contributed by atoms with E-state index in [4.69, 9.17) is 0 Å². The van der Waals surface area contributed by atoms with Crippen LogP contribution in [-0.4, -0.2) is 0 Å². The molecule has 2 rings (SSSR count). The molecule has 0 saturated carbocycles. The van der Waals surface area contributed by atoms with Crippen molar-refractivity contribution in [3.63, 3.8) is 0 Å². The summed E-state index contributed by atoms with van der Waals surface area (Å²) >= 11 is 0. The van der Waals surface area contributed by atoms with Gasteiger partial charge in [0, 0.05) is 12.8 Å². The number of rotatable bonds is 14. The summed E-state index contributed by atoms with van der Waals surface area (Å²) in [4.78, 5) is 0. The van der Waals surface area contributed by atoms with Crippen molar-refractivity contribution in [3.8, 4) is 23.0 Å². The van der Waals surface area contributed by atoms with Crippen LogP contribution < -0.4 is 0 Å². The maximum atomic E-state index is 14.4. The van der Waals surface area contributed by atoms with Gasteiger partial charge in [-0.15, -0.1) is 11.8 Å². The summed E-state index contributed by atoms with van der Waals surface area (Å²) in [5.74, 6) is 6.54. The second-order valence-electron chi connectivity index (χ2n) is 8.14. The highest BCUT2D eigenvalue weighted by Crippen LogP contribution is 2.22. The van der Waals surface area contributed by atoms with Gasteiger partial charge in [0.2, 0.25) is 0 Å². The van der Waals surface area contributed by atoms with E-state index in [0.717, 1.165) is 36.0 Å². The second kappa shape index (κ2) is 15.7. The summed E-state index contributed by atoms with van der Waals surface area (Å²) in [6.07, 6.45) is 17.6. The van der Waals surface area contributed by atoms with E-state index in [-0.39, 0.29) is 5.82 Å². The number of halogens is 1. The molecule has 0 atom stereocenters.